The Morgan fingerprint density at radius 1 is 1.33 bits per heavy atom. The molecule has 1 saturated heterocycles. The van der Waals surface area contributed by atoms with E-state index in [9.17, 15) is 9.90 Å². The quantitative estimate of drug-likeness (QED) is 0.901. The molecular weight excluding hydrogens is 270 g/mol. The Labute approximate surface area is 124 Å². The van der Waals surface area contributed by atoms with E-state index >= 15 is 0 Å². The monoisotopic (exact) mass is 291 g/mol. The van der Waals surface area contributed by atoms with Crippen LogP contribution in [0.5, 0.6) is 11.5 Å². The Kier molecular flexibility index (Phi) is 4.01. The number of hydrogen-bond donors (Lipinski definition) is 1. The number of hydrogen-bond acceptors (Lipinski definition) is 4. The smallest absolute Gasteiger partial charge is 0.254 e. The van der Waals surface area contributed by atoms with Gasteiger partial charge in [-0.05, 0) is 30.5 Å². The zero-order valence-corrected chi connectivity index (χ0v) is 12.2. The number of benzene rings is 1. The molecule has 1 fully saturated rings. The molecule has 21 heavy (non-hydrogen) atoms. The lowest BCUT2D eigenvalue weighted by atomic mass is 10.0. The van der Waals surface area contributed by atoms with Gasteiger partial charge in [-0.15, -0.1) is 0 Å². The van der Waals surface area contributed by atoms with Crippen molar-refractivity contribution in [3.63, 3.8) is 0 Å². The van der Waals surface area contributed by atoms with Gasteiger partial charge in [-0.25, -0.2) is 0 Å². The molecule has 5 heteroatoms. The first-order valence-corrected chi connectivity index (χ1v) is 7.52. The van der Waals surface area contributed by atoms with E-state index in [1.54, 1.807) is 23.1 Å². The summed E-state index contributed by atoms with van der Waals surface area (Å²) < 4.78 is 11.2. The van der Waals surface area contributed by atoms with Crippen molar-refractivity contribution in [2.45, 2.75) is 25.8 Å². The number of ether oxygens (including phenoxy) is 2. The summed E-state index contributed by atoms with van der Waals surface area (Å²) in [5.41, 5.74) is 0.590. The molecule has 3 rings (SSSR count). The molecule has 2 aliphatic rings. The van der Waals surface area contributed by atoms with Crippen LogP contribution in [0.4, 0.5) is 0 Å². The van der Waals surface area contributed by atoms with Gasteiger partial charge >= 0.3 is 0 Å². The lowest BCUT2D eigenvalue weighted by Gasteiger charge is -2.25. The first-order valence-electron chi connectivity index (χ1n) is 7.52. The molecule has 0 spiro atoms. The number of rotatable bonds is 2. The maximum Gasteiger partial charge on any atom is 0.254 e. The molecule has 2 unspecified atom stereocenters. The van der Waals surface area contributed by atoms with Crippen molar-refractivity contribution < 1.29 is 19.4 Å². The van der Waals surface area contributed by atoms with Gasteiger partial charge in [0.1, 0.15) is 0 Å². The Morgan fingerprint density at radius 3 is 2.86 bits per heavy atom. The van der Waals surface area contributed by atoms with E-state index in [2.05, 4.69) is 6.92 Å². The summed E-state index contributed by atoms with van der Waals surface area (Å²) in [6.45, 7) is 4.01. The maximum absolute atomic E-state index is 12.7. The number of amides is 1. The molecule has 0 radical (unpaired) electrons. The molecule has 0 saturated carbocycles. The second-order valence-electron chi connectivity index (χ2n) is 5.73. The molecule has 5 nitrogen and oxygen atoms in total. The van der Waals surface area contributed by atoms with Gasteiger partial charge in [-0.1, -0.05) is 6.92 Å². The largest absolute Gasteiger partial charge is 0.490 e. The second kappa shape index (κ2) is 5.93. The molecule has 1 N–H and O–H groups in total. The normalized spacial score (nSPS) is 24.8. The predicted octanol–water partition coefficient (Wildman–Crippen LogP) is 1.69. The molecule has 114 valence electrons. The Hall–Kier alpha value is -1.75. The number of carbonyl (C=O) groups excluding carboxylic acids is 1. The van der Waals surface area contributed by atoms with Crippen LogP contribution in [0.15, 0.2) is 18.2 Å². The Bertz CT molecular complexity index is 531. The van der Waals surface area contributed by atoms with Gasteiger partial charge in [0.2, 0.25) is 0 Å². The van der Waals surface area contributed by atoms with Crippen molar-refractivity contribution in [2.75, 3.05) is 26.4 Å². The summed E-state index contributed by atoms with van der Waals surface area (Å²) in [6.07, 6.45) is 1.77. The fourth-order valence-electron chi connectivity index (χ4n) is 3.00. The Morgan fingerprint density at radius 2 is 2.10 bits per heavy atom. The molecular formula is C16H21NO4. The number of likely N-dealkylation sites (tertiary alicyclic amines) is 1. The minimum atomic E-state index is -0.0894. The highest BCUT2D eigenvalue weighted by Crippen LogP contribution is 2.32. The predicted molar refractivity (Wildman–Crippen MR) is 77.7 cm³/mol. The van der Waals surface area contributed by atoms with Crippen LogP contribution in [0.25, 0.3) is 0 Å². The van der Waals surface area contributed by atoms with Crippen molar-refractivity contribution in [3.8, 4) is 11.5 Å². The molecule has 1 amide bonds. The molecule has 0 aliphatic carbocycles. The van der Waals surface area contributed by atoms with Gasteiger partial charge in [0.25, 0.3) is 5.91 Å². The lowest BCUT2D eigenvalue weighted by molar-refractivity contribution is 0.0647. The van der Waals surface area contributed by atoms with Crippen molar-refractivity contribution >= 4 is 5.91 Å². The average molecular weight is 291 g/mol. The fraction of sp³-hybridized carbons (Fsp3) is 0.562. The van der Waals surface area contributed by atoms with Crippen molar-refractivity contribution in [1.82, 2.24) is 4.90 Å². The highest BCUT2D eigenvalue weighted by molar-refractivity contribution is 5.95. The van der Waals surface area contributed by atoms with E-state index in [4.69, 9.17) is 9.47 Å². The topological polar surface area (TPSA) is 59.0 Å². The molecule has 0 bridgehead atoms. The molecule has 0 aromatic heterocycles. The van der Waals surface area contributed by atoms with Crippen LogP contribution in [0.3, 0.4) is 0 Å². The summed E-state index contributed by atoms with van der Waals surface area (Å²) in [6, 6.07) is 5.23. The first-order chi connectivity index (χ1) is 10.2. The van der Waals surface area contributed by atoms with E-state index in [0.717, 1.165) is 12.8 Å². The summed E-state index contributed by atoms with van der Waals surface area (Å²) in [4.78, 5) is 14.4. The van der Waals surface area contributed by atoms with Crippen molar-refractivity contribution in [2.24, 2.45) is 5.92 Å². The SMILES string of the molecule is CC1CCN(C(=O)c2ccc3c(c2)OCCCO3)C1CO. The molecule has 2 heterocycles. The number of aliphatic hydroxyl groups excluding tert-OH is 1. The van der Waals surface area contributed by atoms with Gasteiger partial charge in [-0.2, -0.15) is 0 Å². The van der Waals surface area contributed by atoms with Crippen LogP contribution >= 0.6 is 0 Å². The summed E-state index contributed by atoms with van der Waals surface area (Å²) in [5.74, 6) is 1.61. The van der Waals surface area contributed by atoms with E-state index < -0.39 is 0 Å². The standard InChI is InChI=1S/C16H21NO4/c1-11-5-6-17(13(11)10-18)16(19)12-3-4-14-15(9-12)21-8-2-7-20-14/h3-4,9,11,13,18H,2,5-8,10H2,1H3. The van der Waals surface area contributed by atoms with E-state index in [1.165, 1.54) is 0 Å². The fourth-order valence-corrected chi connectivity index (χ4v) is 3.00. The number of fused-ring (bicyclic) bond motifs is 1. The average Bonchev–Trinajstić information content (AvgIpc) is 2.72. The highest BCUT2D eigenvalue weighted by Gasteiger charge is 2.34. The van der Waals surface area contributed by atoms with E-state index in [-0.39, 0.29) is 18.6 Å². The van der Waals surface area contributed by atoms with Crippen LogP contribution in [-0.2, 0) is 0 Å². The number of nitrogens with zero attached hydrogens (tertiary/aromatic N) is 1. The summed E-state index contributed by atoms with van der Waals surface area (Å²) in [7, 11) is 0. The van der Waals surface area contributed by atoms with E-state index in [0.29, 0.717) is 42.7 Å². The minimum absolute atomic E-state index is 0.0114. The van der Waals surface area contributed by atoms with Gasteiger partial charge in [-0.3, -0.25) is 4.79 Å². The van der Waals surface area contributed by atoms with Crippen molar-refractivity contribution in [1.29, 1.82) is 0 Å². The Balaban J connectivity index is 1.83. The van der Waals surface area contributed by atoms with Crippen molar-refractivity contribution in [3.05, 3.63) is 23.8 Å². The van der Waals surface area contributed by atoms with Crippen LogP contribution in [-0.4, -0.2) is 48.3 Å². The van der Waals surface area contributed by atoms with Crippen LogP contribution in [0.2, 0.25) is 0 Å². The zero-order valence-electron chi connectivity index (χ0n) is 12.2. The number of aliphatic hydroxyl groups is 1. The van der Waals surface area contributed by atoms with Gasteiger partial charge in [0.05, 0.1) is 25.9 Å². The molecule has 1 aromatic rings. The number of carbonyl (C=O) groups is 1. The summed E-state index contributed by atoms with van der Waals surface area (Å²) >= 11 is 0. The third-order valence-electron chi connectivity index (χ3n) is 4.32. The van der Waals surface area contributed by atoms with Gasteiger partial charge in [0, 0.05) is 18.5 Å². The van der Waals surface area contributed by atoms with Gasteiger partial charge in [0.15, 0.2) is 11.5 Å². The zero-order chi connectivity index (χ0) is 14.8. The minimum Gasteiger partial charge on any atom is -0.490 e. The van der Waals surface area contributed by atoms with E-state index in [1.807, 2.05) is 0 Å². The van der Waals surface area contributed by atoms with Gasteiger partial charge < -0.3 is 19.5 Å². The third kappa shape index (κ3) is 2.70. The molecule has 2 atom stereocenters. The van der Waals surface area contributed by atoms with Crippen LogP contribution in [0, 0.1) is 5.92 Å². The maximum atomic E-state index is 12.7. The second-order valence-corrected chi connectivity index (χ2v) is 5.73. The lowest BCUT2D eigenvalue weighted by Crippen LogP contribution is -2.39. The third-order valence-corrected chi connectivity index (χ3v) is 4.32. The molecule has 1 aromatic carbocycles. The van der Waals surface area contributed by atoms with Crippen LogP contribution in [0.1, 0.15) is 30.1 Å². The van der Waals surface area contributed by atoms with Crippen LogP contribution < -0.4 is 9.47 Å². The molecule has 2 aliphatic heterocycles. The summed E-state index contributed by atoms with van der Waals surface area (Å²) in [5, 5.41) is 9.49. The first kappa shape index (κ1) is 14.2. The highest BCUT2D eigenvalue weighted by atomic mass is 16.5.